The molecule has 0 saturated carbocycles. The third kappa shape index (κ3) is 12.0. The SMILES string of the molecule is CCCCCCCC(=O)O[C@H]1/C(=C/C(=O)OC)C[C@H]2C[C@H](CO)OC(=O)C[C@H](O)C[C@@H]3C[C@@H](O)C[C@H](C[C@@H]4CCO[C@H](/C=C/C(C)(C)[C@]1(O)O2)O4)O3. The molecular weight excluding hydrogens is 680 g/mol. The lowest BCUT2D eigenvalue weighted by Crippen LogP contribution is -2.62. The standard InChI is InChI=1S/C38H60O14/c1-5-6-7-8-9-10-32(42)51-36-24(16-33(43)46-4)15-30-22-31(23-39)49-34(44)20-26(41)19-28-17-25(40)18-29(48-28)21-27-12-14-47-35(50-27)11-13-37(2,3)38(36,45)52-30/h11,13,16,25-31,35-36,39-41,45H,5-10,12,14-15,17-23H2,1-4H3/b13-11+,24-16+/t25-,26-,27+,28+,29-,30+,31-,35+,36+,38-/m1/s1. The van der Waals surface area contributed by atoms with E-state index < -0.39 is 78.6 Å². The largest absolute Gasteiger partial charge is 0.466 e. The Morgan fingerprint density at radius 2 is 1.65 bits per heavy atom. The summed E-state index contributed by atoms with van der Waals surface area (Å²) in [5, 5.41) is 44.2. The van der Waals surface area contributed by atoms with Crippen LogP contribution in [0.3, 0.4) is 0 Å². The summed E-state index contributed by atoms with van der Waals surface area (Å²) in [6.07, 6.45) is 3.30. The van der Waals surface area contributed by atoms with E-state index in [1.807, 2.05) is 0 Å². The number of cyclic esters (lactones) is 1. The van der Waals surface area contributed by atoms with Crippen LogP contribution in [0.5, 0.6) is 0 Å². The van der Waals surface area contributed by atoms with Gasteiger partial charge in [-0.3, -0.25) is 9.59 Å². The molecule has 4 N–H and O–H groups in total. The highest BCUT2D eigenvalue weighted by Gasteiger charge is 2.57. The minimum Gasteiger partial charge on any atom is -0.466 e. The van der Waals surface area contributed by atoms with E-state index in [2.05, 4.69) is 6.92 Å². The number of carbonyl (C=O) groups excluding carboxylic acids is 3. The normalized spacial score (nSPS) is 37.3. The Bertz CT molecular complexity index is 1230. The third-order valence-electron chi connectivity index (χ3n) is 10.3. The number of aliphatic hydroxyl groups is 4. The van der Waals surface area contributed by atoms with Crippen LogP contribution in [-0.4, -0.2) is 120 Å². The summed E-state index contributed by atoms with van der Waals surface area (Å²) in [6, 6.07) is 0. The second-order valence-corrected chi connectivity index (χ2v) is 15.1. The Balaban J connectivity index is 1.68. The lowest BCUT2D eigenvalue weighted by atomic mass is 9.74. The van der Waals surface area contributed by atoms with Gasteiger partial charge in [0.15, 0.2) is 12.4 Å². The number of hydrogen-bond acceptors (Lipinski definition) is 14. The molecule has 6 bridgehead atoms. The van der Waals surface area contributed by atoms with Gasteiger partial charge in [-0.05, 0) is 43.8 Å². The Morgan fingerprint density at radius 3 is 2.37 bits per heavy atom. The predicted octanol–water partition coefficient (Wildman–Crippen LogP) is 3.30. The molecule has 4 heterocycles. The van der Waals surface area contributed by atoms with E-state index in [-0.39, 0.29) is 49.9 Å². The maximum absolute atomic E-state index is 13.3. The zero-order chi connectivity index (χ0) is 37.9. The number of unbranched alkanes of at least 4 members (excludes halogenated alkanes) is 4. The maximum atomic E-state index is 13.3. The van der Waals surface area contributed by atoms with Crippen LogP contribution in [0, 0.1) is 5.41 Å². The number of fused-ring (bicyclic) bond motifs is 6. The molecule has 0 radical (unpaired) electrons. The summed E-state index contributed by atoms with van der Waals surface area (Å²) in [6.45, 7) is 5.26. The molecule has 0 amide bonds. The summed E-state index contributed by atoms with van der Waals surface area (Å²) in [5.41, 5.74) is -1.10. The van der Waals surface area contributed by atoms with Gasteiger partial charge in [-0.15, -0.1) is 0 Å². The first-order chi connectivity index (χ1) is 24.7. The second-order valence-electron chi connectivity index (χ2n) is 15.1. The number of hydrogen-bond donors (Lipinski definition) is 4. The first-order valence-corrected chi connectivity index (χ1v) is 18.9. The molecule has 52 heavy (non-hydrogen) atoms. The fourth-order valence-electron chi connectivity index (χ4n) is 7.44. The van der Waals surface area contributed by atoms with Gasteiger partial charge in [0.05, 0.1) is 63.4 Å². The number of carbonyl (C=O) groups is 3. The number of aliphatic hydroxyl groups excluding tert-OH is 3. The van der Waals surface area contributed by atoms with Crippen molar-refractivity contribution in [1.29, 1.82) is 0 Å². The van der Waals surface area contributed by atoms with Crippen molar-refractivity contribution in [3.8, 4) is 0 Å². The minimum atomic E-state index is -2.28. The van der Waals surface area contributed by atoms with Crippen LogP contribution in [0.25, 0.3) is 0 Å². The van der Waals surface area contributed by atoms with Crippen LogP contribution in [0.1, 0.15) is 111 Å². The van der Waals surface area contributed by atoms with Gasteiger partial charge < -0.3 is 53.6 Å². The molecule has 10 atom stereocenters. The molecule has 3 saturated heterocycles. The molecule has 0 aromatic rings. The third-order valence-corrected chi connectivity index (χ3v) is 10.3. The van der Waals surface area contributed by atoms with Gasteiger partial charge >= 0.3 is 17.9 Å². The van der Waals surface area contributed by atoms with E-state index in [0.29, 0.717) is 38.7 Å². The molecule has 296 valence electrons. The van der Waals surface area contributed by atoms with Crippen molar-refractivity contribution in [2.45, 2.75) is 172 Å². The van der Waals surface area contributed by atoms with Crippen molar-refractivity contribution in [2.75, 3.05) is 20.3 Å². The summed E-state index contributed by atoms with van der Waals surface area (Å²) in [4.78, 5) is 38.9. The molecule has 14 heteroatoms. The van der Waals surface area contributed by atoms with Gasteiger partial charge in [-0.1, -0.05) is 52.5 Å². The first kappa shape index (κ1) is 42.3. The topological polar surface area (TPSA) is 197 Å². The second kappa shape index (κ2) is 19.8. The van der Waals surface area contributed by atoms with Gasteiger partial charge in [0.25, 0.3) is 0 Å². The van der Waals surface area contributed by atoms with Crippen LogP contribution in [0.15, 0.2) is 23.8 Å². The molecule has 0 aromatic carbocycles. The quantitative estimate of drug-likeness (QED) is 0.0884. The number of ether oxygens (including phenoxy) is 7. The van der Waals surface area contributed by atoms with Crippen molar-refractivity contribution in [3.05, 3.63) is 23.8 Å². The highest BCUT2D eigenvalue weighted by Crippen LogP contribution is 2.47. The summed E-state index contributed by atoms with van der Waals surface area (Å²) >= 11 is 0. The summed E-state index contributed by atoms with van der Waals surface area (Å²) in [5.74, 6) is -4.34. The highest BCUT2D eigenvalue weighted by molar-refractivity contribution is 5.83. The van der Waals surface area contributed by atoms with Crippen molar-refractivity contribution in [2.24, 2.45) is 5.41 Å². The van der Waals surface area contributed by atoms with Gasteiger partial charge in [0.1, 0.15) is 6.10 Å². The lowest BCUT2D eigenvalue weighted by Gasteiger charge is -2.51. The zero-order valence-corrected chi connectivity index (χ0v) is 31.1. The van der Waals surface area contributed by atoms with E-state index in [9.17, 15) is 34.8 Å². The average molecular weight is 741 g/mol. The van der Waals surface area contributed by atoms with E-state index in [0.717, 1.165) is 25.7 Å². The van der Waals surface area contributed by atoms with Gasteiger partial charge in [-0.2, -0.15) is 0 Å². The molecular formula is C38H60O14. The van der Waals surface area contributed by atoms with Gasteiger partial charge in [0, 0.05) is 37.2 Å². The Morgan fingerprint density at radius 1 is 0.942 bits per heavy atom. The van der Waals surface area contributed by atoms with Crippen LogP contribution >= 0.6 is 0 Å². The zero-order valence-electron chi connectivity index (χ0n) is 31.1. The molecule has 0 unspecified atom stereocenters. The molecule has 3 fully saturated rings. The van der Waals surface area contributed by atoms with E-state index >= 15 is 0 Å². The molecule has 0 spiro atoms. The van der Waals surface area contributed by atoms with Crippen LogP contribution < -0.4 is 0 Å². The fraction of sp³-hybridized carbons (Fsp3) is 0.816. The van der Waals surface area contributed by atoms with E-state index in [4.69, 9.17) is 33.2 Å². The number of rotatable bonds is 9. The summed E-state index contributed by atoms with van der Waals surface area (Å²) in [7, 11) is 1.21. The van der Waals surface area contributed by atoms with Crippen molar-refractivity contribution in [3.63, 3.8) is 0 Å². The molecule has 4 aliphatic heterocycles. The average Bonchev–Trinajstić information content (AvgIpc) is 3.07. The first-order valence-electron chi connectivity index (χ1n) is 18.9. The highest BCUT2D eigenvalue weighted by atomic mass is 16.7. The van der Waals surface area contributed by atoms with Gasteiger partial charge in [-0.25, -0.2) is 4.79 Å². The maximum Gasteiger partial charge on any atom is 0.330 e. The summed E-state index contributed by atoms with van der Waals surface area (Å²) < 4.78 is 41.2. The Kier molecular flexibility index (Phi) is 16.1. The minimum absolute atomic E-state index is 0.0264. The van der Waals surface area contributed by atoms with Crippen molar-refractivity contribution >= 4 is 17.9 Å². The molecule has 0 aromatic heterocycles. The van der Waals surface area contributed by atoms with Crippen LogP contribution in [0.2, 0.25) is 0 Å². The van der Waals surface area contributed by atoms with E-state index in [1.54, 1.807) is 26.0 Å². The fourth-order valence-corrected chi connectivity index (χ4v) is 7.44. The van der Waals surface area contributed by atoms with Crippen LogP contribution in [-0.2, 0) is 47.5 Å². The van der Waals surface area contributed by atoms with Crippen LogP contribution in [0.4, 0.5) is 0 Å². The lowest BCUT2D eigenvalue weighted by molar-refractivity contribution is -0.327. The molecule has 0 aliphatic carbocycles. The number of esters is 3. The van der Waals surface area contributed by atoms with Crippen molar-refractivity contribution in [1.82, 2.24) is 0 Å². The number of methoxy groups -OCH3 is 1. The predicted molar refractivity (Wildman–Crippen MR) is 185 cm³/mol. The molecule has 4 rings (SSSR count). The molecule has 14 nitrogen and oxygen atoms in total. The monoisotopic (exact) mass is 740 g/mol. The van der Waals surface area contributed by atoms with E-state index in [1.165, 1.54) is 13.2 Å². The Labute approximate surface area is 306 Å². The van der Waals surface area contributed by atoms with Crippen molar-refractivity contribution < 1.29 is 68.0 Å². The van der Waals surface area contributed by atoms with Gasteiger partial charge in [0.2, 0.25) is 5.79 Å². The smallest absolute Gasteiger partial charge is 0.330 e. The Hall–Kier alpha value is -2.43. The molecule has 4 aliphatic rings.